The van der Waals surface area contributed by atoms with Gasteiger partial charge in [0, 0.05) is 26.3 Å². The molecule has 0 spiro atoms. The van der Waals surface area contributed by atoms with Crippen LogP contribution in [0.15, 0.2) is 99.6 Å². The minimum Gasteiger partial charge on any atom is -0.508 e. The van der Waals surface area contributed by atoms with Gasteiger partial charge in [0.15, 0.2) is 34.8 Å². The third kappa shape index (κ3) is 8.99. The summed E-state index contributed by atoms with van der Waals surface area (Å²) in [5.74, 6) is -81.8. The minimum atomic E-state index is -4.16. The average Bonchev–Trinajstić information content (AvgIpc) is 3.43. The van der Waals surface area contributed by atoms with Crippen molar-refractivity contribution in [3.63, 3.8) is 0 Å². The first-order chi connectivity index (χ1) is 36.3. The molecule has 77 heavy (non-hydrogen) atoms. The molecule has 0 atom stereocenters. The monoisotopic (exact) mass is 1130 g/mol. The summed E-state index contributed by atoms with van der Waals surface area (Å²) in [7, 11) is -4.16. The fourth-order valence-corrected chi connectivity index (χ4v) is 10.1. The molecule has 8 aromatic rings. The number of carbonyl (C=O) groups excluding carboxylic acids is 1. The Bertz CT molecular complexity index is 3590. The minimum absolute atomic E-state index is 0.218. The predicted molar refractivity (Wildman–Crippen MR) is 221 cm³/mol. The van der Waals surface area contributed by atoms with Crippen LogP contribution in [0.1, 0.15) is 10.4 Å². The van der Waals surface area contributed by atoms with E-state index in [9.17, 15) is 54.1 Å². The first-order valence-corrected chi connectivity index (χ1v) is 21.8. The topological polar surface area (TPSA) is 94.5 Å². The SMILES string of the molecule is O=C(OS(c1ccccc1)(c1ccc(O)cc1)c1ccc(O)cc1)c1cc(Oc2c(F)c(F)c(F)c(F)c2F)c(Oc2c(F)c(F)c(F)c(F)c2F)c(Oc2c(F)c(F)c(F)c(F)c2F)c1-c1c(F)c(F)c(F)c(F)c1F. The Morgan fingerprint density at radius 3 is 0.987 bits per heavy atom. The fraction of sp³-hybridized carbons (Fsp3) is 0. The van der Waals surface area contributed by atoms with E-state index in [4.69, 9.17) is 18.4 Å². The number of ether oxygens (including phenoxy) is 3. The van der Waals surface area contributed by atoms with Crippen LogP contribution in [-0.2, 0) is 4.18 Å². The van der Waals surface area contributed by atoms with Crippen molar-refractivity contribution in [2.45, 2.75) is 14.7 Å². The van der Waals surface area contributed by atoms with Crippen molar-refractivity contribution in [1.82, 2.24) is 0 Å². The van der Waals surface area contributed by atoms with Gasteiger partial charge in [-0.15, -0.1) is 0 Å². The number of aromatic hydroxyl groups is 2. The van der Waals surface area contributed by atoms with Crippen molar-refractivity contribution in [3.8, 4) is 57.1 Å². The smallest absolute Gasteiger partial charge is 0.350 e. The molecule has 0 heterocycles. The third-order valence-corrected chi connectivity index (χ3v) is 13.8. The zero-order valence-corrected chi connectivity index (χ0v) is 37.3. The molecule has 8 aromatic carbocycles. The van der Waals surface area contributed by atoms with E-state index in [-0.39, 0.29) is 14.7 Å². The maximum atomic E-state index is 16.5. The number of phenolic OH excluding ortho intramolecular Hbond substituents is 2. The van der Waals surface area contributed by atoms with Gasteiger partial charge in [-0.05, 0) is 71.0 Å². The van der Waals surface area contributed by atoms with E-state index < -0.39 is 201 Å². The molecule has 0 unspecified atom stereocenters. The molecule has 0 saturated heterocycles. The molecular formula is C49H16F20O7S. The molecule has 0 fully saturated rings. The maximum Gasteiger partial charge on any atom is 0.350 e. The van der Waals surface area contributed by atoms with Gasteiger partial charge in [-0.25, -0.2) is 66.3 Å². The highest BCUT2D eigenvalue weighted by atomic mass is 32.3. The number of rotatable bonds is 12. The number of halogens is 20. The number of carbonyl (C=O) groups is 1. The lowest BCUT2D eigenvalue weighted by atomic mass is 9.95. The van der Waals surface area contributed by atoms with Gasteiger partial charge in [0.1, 0.15) is 11.5 Å². The van der Waals surface area contributed by atoms with E-state index in [2.05, 4.69) is 0 Å². The zero-order valence-electron chi connectivity index (χ0n) is 36.5. The molecule has 8 rings (SSSR count). The van der Waals surface area contributed by atoms with Crippen LogP contribution >= 0.6 is 10.3 Å². The summed E-state index contributed by atoms with van der Waals surface area (Å²) in [6.45, 7) is 0. The van der Waals surface area contributed by atoms with Gasteiger partial charge in [0.05, 0.1) is 11.1 Å². The molecule has 0 amide bonds. The Morgan fingerprint density at radius 1 is 0.325 bits per heavy atom. The van der Waals surface area contributed by atoms with Crippen molar-refractivity contribution in [1.29, 1.82) is 0 Å². The van der Waals surface area contributed by atoms with Gasteiger partial charge >= 0.3 is 5.97 Å². The lowest BCUT2D eigenvalue weighted by molar-refractivity contribution is 0.0757. The summed E-state index contributed by atoms with van der Waals surface area (Å²) in [5, 5.41) is 20.5. The number of hydrogen-bond donors (Lipinski definition) is 2. The summed E-state index contributed by atoms with van der Waals surface area (Å²) in [6, 6.07) is 13.6. The highest BCUT2D eigenvalue weighted by Gasteiger charge is 2.43. The van der Waals surface area contributed by atoms with Crippen LogP contribution < -0.4 is 14.2 Å². The van der Waals surface area contributed by atoms with Gasteiger partial charge in [0.25, 0.3) is 0 Å². The van der Waals surface area contributed by atoms with Gasteiger partial charge in [0.2, 0.25) is 116 Å². The molecule has 0 aromatic heterocycles. The Balaban J connectivity index is 1.63. The molecule has 0 saturated carbocycles. The normalized spacial score (nSPS) is 11.7. The van der Waals surface area contributed by atoms with Crippen LogP contribution in [0.2, 0.25) is 0 Å². The van der Waals surface area contributed by atoms with Crippen LogP contribution in [0.25, 0.3) is 11.1 Å². The van der Waals surface area contributed by atoms with Crippen molar-refractivity contribution < 1.29 is 121 Å². The van der Waals surface area contributed by atoms with Gasteiger partial charge < -0.3 is 28.6 Å². The summed E-state index contributed by atoms with van der Waals surface area (Å²) in [6.07, 6.45) is 0. The van der Waals surface area contributed by atoms with Crippen molar-refractivity contribution in [3.05, 3.63) is 207 Å². The number of phenols is 2. The molecule has 0 radical (unpaired) electrons. The third-order valence-electron chi connectivity index (χ3n) is 10.6. The summed E-state index contributed by atoms with van der Waals surface area (Å²) in [5.41, 5.74) is -7.36. The summed E-state index contributed by atoms with van der Waals surface area (Å²) >= 11 is 0. The maximum absolute atomic E-state index is 16.5. The van der Waals surface area contributed by atoms with E-state index in [0.29, 0.717) is 0 Å². The molecule has 400 valence electrons. The Hall–Kier alpha value is -8.82. The lowest BCUT2D eigenvalue weighted by Gasteiger charge is -2.40. The summed E-state index contributed by atoms with van der Waals surface area (Å²) < 4.78 is 325. The quantitative estimate of drug-likeness (QED) is 0.0715. The highest BCUT2D eigenvalue weighted by molar-refractivity contribution is 8.30. The van der Waals surface area contributed by atoms with Crippen molar-refractivity contribution in [2.75, 3.05) is 0 Å². The predicted octanol–water partition coefficient (Wildman–Crippen LogP) is 16.0. The Labute approximate surface area is 415 Å². The van der Waals surface area contributed by atoms with Crippen molar-refractivity contribution in [2.24, 2.45) is 0 Å². The standard InChI is InChI=1S/C49H16F20O7S/c50-24-23(25(51)27(53)28(54)26(24)52)22-20(49(72)76-77(17-4-2-1-3-5-17,18-10-6-15(70)7-11-18)19-12-8-16(71)9-13-19)14-21(73-46-38(64)32(58)29(55)33(59)39(46)65)44(74-47-40(66)34(60)30(56)35(61)41(47)67)45(22)75-48-42(68)36(62)31(57)37(63)43(48)69/h1-14,70-71H. The molecule has 0 aliphatic carbocycles. The largest absolute Gasteiger partial charge is 0.508 e. The fourth-order valence-electron chi connectivity index (χ4n) is 7.06. The summed E-state index contributed by atoms with van der Waals surface area (Å²) in [4.78, 5) is 14.6. The second kappa shape index (κ2) is 20.4. The van der Waals surface area contributed by atoms with Crippen LogP contribution in [0, 0.1) is 116 Å². The molecule has 28 heteroatoms. The van der Waals surface area contributed by atoms with Crippen LogP contribution in [0.5, 0.6) is 46.0 Å². The van der Waals surface area contributed by atoms with Crippen LogP contribution in [-0.4, -0.2) is 16.2 Å². The second-order valence-corrected chi connectivity index (χ2v) is 17.8. The molecule has 2 N–H and O–H groups in total. The van der Waals surface area contributed by atoms with Crippen LogP contribution in [0.4, 0.5) is 87.8 Å². The van der Waals surface area contributed by atoms with E-state index in [1.54, 1.807) is 0 Å². The van der Waals surface area contributed by atoms with E-state index in [0.717, 1.165) is 48.5 Å². The first-order valence-electron chi connectivity index (χ1n) is 20.3. The lowest BCUT2D eigenvalue weighted by Crippen LogP contribution is -2.17. The zero-order chi connectivity index (χ0) is 56.4. The molecule has 0 aliphatic rings. The van der Waals surface area contributed by atoms with Gasteiger partial charge in [-0.2, -0.15) is 26.3 Å². The van der Waals surface area contributed by atoms with E-state index >= 15 is 48.7 Å². The highest BCUT2D eigenvalue weighted by Crippen LogP contribution is 2.70. The number of hydrogen-bond acceptors (Lipinski definition) is 7. The Morgan fingerprint density at radius 2 is 0.623 bits per heavy atom. The van der Waals surface area contributed by atoms with E-state index in [1.165, 1.54) is 30.3 Å². The van der Waals surface area contributed by atoms with Crippen molar-refractivity contribution >= 4 is 16.3 Å². The molecule has 7 nitrogen and oxygen atoms in total. The van der Waals surface area contributed by atoms with Crippen LogP contribution in [0.3, 0.4) is 0 Å². The second-order valence-electron chi connectivity index (χ2n) is 15.1. The number of benzene rings is 8. The molecule has 0 bridgehead atoms. The Kier molecular flexibility index (Phi) is 14.4. The average molecular weight is 1130 g/mol. The van der Waals surface area contributed by atoms with Gasteiger partial charge in [-0.1, -0.05) is 18.2 Å². The molecular weight excluding hydrogens is 1110 g/mol. The van der Waals surface area contributed by atoms with E-state index in [1.807, 2.05) is 0 Å². The van der Waals surface area contributed by atoms with Gasteiger partial charge in [-0.3, -0.25) is 0 Å². The first kappa shape index (κ1) is 54.4. The molecule has 0 aliphatic heterocycles.